The highest BCUT2D eigenvalue weighted by Crippen LogP contribution is 2.22. The molecule has 2 aromatic rings. The summed E-state index contributed by atoms with van der Waals surface area (Å²) in [5.74, 6) is 0.0507. The van der Waals surface area contributed by atoms with E-state index in [0.29, 0.717) is 0 Å². The minimum Gasteiger partial charge on any atom is -0.356 e. The Labute approximate surface area is 127 Å². The van der Waals surface area contributed by atoms with Gasteiger partial charge in [0.2, 0.25) is 5.91 Å². The number of unbranched alkanes of at least 4 members (excludes halogenated alkanes) is 1. The second kappa shape index (κ2) is 7.82. The van der Waals surface area contributed by atoms with Crippen LogP contribution in [0.5, 0.6) is 0 Å². The molecule has 2 nitrogen and oxygen atoms in total. The number of aryl methyl sites for hydroxylation is 2. The van der Waals surface area contributed by atoms with Gasteiger partial charge in [0.05, 0.1) is 0 Å². The third kappa shape index (κ3) is 4.59. The van der Waals surface area contributed by atoms with E-state index >= 15 is 0 Å². The molecular weight excluding hydrogens is 258 g/mol. The van der Waals surface area contributed by atoms with E-state index in [1.54, 1.807) is 6.92 Å². The normalized spacial score (nSPS) is 10.8. The first-order valence-electron chi connectivity index (χ1n) is 7.95. The van der Waals surface area contributed by atoms with Crippen LogP contribution in [0.2, 0.25) is 0 Å². The summed E-state index contributed by atoms with van der Waals surface area (Å²) in [4.78, 5) is 10.9. The lowest BCUT2D eigenvalue weighted by Crippen LogP contribution is -2.21. The van der Waals surface area contributed by atoms with Crippen molar-refractivity contribution in [1.82, 2.24) is 5.32 Å². The van der Waals surface area contributed by atoms with E-state index in [1.807, 2.05) is 0 Å². The van der Waals surface area contributed by atoms with Crippen molar-refractivity contribution in [2.75, 3.05) is 6.54 Å². The zero-order valence-corrected chi connectivity index (χ0v) is 13.1. The number of hydrogen-bond acceptors (Lipinski definition) is 1. The molecule has 0 aliphatic rings. The van der Waals surface area contributed by atoms with Crippen LogP contribution in [0.15, 0.2) is 36.4 Å². The van der Waals surface area contributed by atoms with Gasteiger partial charge in [0, 0.05) is 13.5 Å². The van der Waals surface area contributed by atoms with Crippen molar-refractivity contribution in [3.05, 3.63) is 47.5 Å². The van der Waals surface area contributed by atoms with Crippen molar-refractivity contribution in [2.45, 2.75) is 46.0 Å². The van der Waals surface area contributed by atoms with Crippen LogP contribution >= 0.6 is 0 Å². The Morgan fingerprint density at radius 3 is 2.71 bits per heavy atom. The largest absolute Gasteiger partial charge is 0.356 e. The maximum atomic E-state index is 10.9. The first kappa shape index (κ1) is 15.6. The maximum absolute atomic E-state index is 10.9. The lowest BCUT2D eigenvalue weighted by Gasteiger charge is -2.09. The lowest BCUT2D eigenvalue weighted by atomic mass is 9.97. The standard InChI is InChI=1S/C19H25NO/c1-3-4-7-16-11-12-18-9-5-8-17(19(18)14-16)10-6-13-20-15(2)21/h5,8-9,11-12,14H,3-4,6-7,10,13H2,1-2H3,(H,20,21). The fourth-order valence-electron chi connectivity index (χ4n) is 2.68. The van der Waals surface area contributed by atoms with Crippen LogP contribution < -0.4 is 5.32 Å². The van der Waals surface area contributed by atoms with Gasteiger partial charge in [-0.15, -0.1) is 0 Å². The molecule has 0 bridgehead atoms. The molecule has 0 radical (unpaired) electrons. The van der Waals surface area contributed by atoms with Crippen molar-refractivity contribution >= 4 is 16.7 Å². The van der Waals surface area contributed by atoms with Crippen molar-refractivity contribution in [3.63, 3.8) is 0 Å². The Hall–Kier alpha value is -1.83. The second-order valence-electron chi connectivity index (χ2n) is 5.66. The van der Waals surface area contributed by atoms with Gasteiger partial charge in [-0.1, -0.05) is 49.7 Å². The maximum Gasteiger partial charge on any atom is 0.216 e. The van der Waals surface area contributed by atoms with Gasteiger partial charge in [-0.3, -0.25) is 4.79 Å². The Morgan fingerprint density at radius 2 is 1.95 bits per heavy atom. The van der Waals surface area contributed by atoms with E-state index in [9.17, 15) is 4.79 Å². The summed E-state index contributed by atoms with van der Waals surface area (Å²) in [6.45, 7) is 4.55. The van der Waals surface area contributed by atoms with Crippen LogP contribution in [0.1, 0.15) is 44.2 Å². The highest BCUT2D eigenvalue weighted by molar-refractivity contribution is 5.86. The van der Waals surface area contributed by atoms with Crippen LogP contribution in [0, 0.1) is 0 Å². The summed E-state index contributed by atoms with van der Waals surface area (Å²) in [5.41, 5.74) is 2.81. The predicted molar refractivity (Wildman–Crippen MR) is 89.6 cm³/mol. The molecule has 0 unspecified atom stereocenters. The van der Waals surface area contributed by atoms with E-state index in [1.165, 1.54) is 34.7 Å². The minimum absolute atomic E-state index is 0.0507. The monoisotopic (exact) mass is 283 g/mol. The molecule has 0 saturated carbocycles. The molecule has 0 aromatic heterocycles. The zero-order valence-electron chi connectivity index (χ0n) is 13.1. The third-order valence-corrected chi connectivity index (χ3v) is 3.85. The number of fused-ring (bicyclic) bond motifs is 1. The molecule has 0 aliphatic carbocycles. The predicted octanol–water partition coefficient (Wildman–Crippen LogP) is 4.25. The summed E-state index contributed by atoms with van der Waals surface area (Å²) in [6, 6.07) is 13.3. The fraction of sp³-hybridized carbons (Fsp3) is 0.421. The smallest absolute Gasteiger partial charge is 0.216 e. The molecule has 0 aliphatic heterocycles. The summed E-state index contributed by atoms with van der Waals surface area (Å²) < 4.78 is 0. The number of amides is 1. The van der Waals surface area contributed by atoms with E-state index in [4.69, 9.17) is 0 Å². The first-order valence-corrected chi connectivity index (χ1v) is 7.95. The molecule has 0 fully saturated rings. The number of rotatable bonds is 7. The van der Waals surface area contributed by atoms with Gasteiger partial charge < -0.3 is 5.32 Å². The van der Waals surface area contributed by atoms with Gasteiger partial charge in [0.25, 0.3) is 0 Å². The van der Waals surface area contributed by atoms with Crippen LogP contribution in [0.3, 0.4) is 0 Å². The van der Waals surface area contributed by atoms with Crippen LogP contribution in [0.25, 0.3) is 10.8 Å². The summed E-state index contributed by atoms with van der Waals surface area (Å²) in [6.07, 6.45) is 5.63. The minimum atomic E-state index is 0.0507. The lowest BCUT2D eigenvalue weighted by molar-refractivity contribution is -0.118. The summed E-state index contributed by atoms with van der Waals surface area (Å²) in [7, 11) is 0. The van der Waals surface area contributed by atoms with Gasteiger partial charge in [0.1, 0.15) is 0 Å². The van der Waals surface area contributed by atoms with Crippen molar-refractivity contribution in [1.29, 1.82) is 0 Å². The molecule has 1 amide bonds. The Morgan fingerprint density at radius 1 is 1.10 bits per heavy atom. The highest BCUT2D eigenvalue weighted by atomic mass is 16.1. The van der Waals surface area contributed by atoms with Gasteiger partial charge in [0.15, 0.2) is 0 Å². The molecule has 0 heterocycles. The topological polar surface area (TPSA) is 29.1 Å². The summed E-state index contributed by atoms with van der Waals surface area (Å²) in [5, 5.41) is 5.55. The average molecular weight is 283 g/mol. The van der Waals surface area contributed by atoms with Gasteiger partial charge in [-0.2, -0.15) is 0 Å². The Kier molecular flexibility index (Phi) is 5.79. The van der Waals surface area contributed by atoms with Crippen LogP contribution in [-0.2, 0) is 17.6 Å². The molecule has 2 aromatic carbocycles. The molecule has 1 N–H and O–H groups in total. The highest BCUT2D eigenvalue weighted by Gasteiger charge is 2.03. The number of benzene rings is 2. The SMILES string of the molecule is CCCCc1ccc2cccc(CCCNC(C)=O)c2c1. The molecule has 21 heavy (non-hydrogen) atoms. The van der Waals surface area contributed by atoms with Crippen LogP contribution in [-0.4, -0.2) is 12.5 Å². The molecule has 0 atom stereocenters. The van der Waals surface area contributed by atoms with E-state index in [-0.39, 0.29) is 5.91 Å². The molecule has 2 heteroatoms. The van der Waals surface area contributed by atoms with E-state index in [2.05, 4.69) is 48.6 Å². The second-order valence-corrected chi connectivity index (χ2v) is 5.66. The van der Waals surface area contributed by atoms with Gasteiger partial charge in [-0.05, 0) is 47.6 Å². The number of carbonyl (C=O) groups excluding carboxylic acids is 1. The van der Waals surface area contributed by atoms with Gasteiger partial charge in [-0.25, -0.2) is 0 Å². The zero-order chi connectivity index (χ0) is 15.1. The number of hydrogen-bond donors (Lipinski definition) is 1. The first-order chi connectivity index (χ1) is 10.2. The van der Waals surface area contributed by atoms with Crippen molar-refractivity contribution in [2.24, 2.45) is 0 Å². The molecule has 0 saturated heterocycles. The quantitative estimate of drug-likeness (QED) is 0.756. The Balaban J connectivity index is 2.12. The molecule has 0 spiro atoms. The molecular formula is C19H25NO. The average Bonchev–Trinajstić information content (AvgIpc) is 2.49. The van der Waals surface area contributed by atoms with Crippen LogP contribution in [0.4, 0.5) is 0 Å². The van der Waals surface area contributed by atoms with Crippen molar-refractivity contribution in [3.8, 4) is 0 Å². The number of nitrogens with one attached hydrogen (secondary N) is 1. The summed E-state index contributed by atoms with van der Waals surface area (Å²) >= 11 is 0. The molecule has 112 valence electrons. The Bertz CT molecular complexity index is 604. The molecule has 2 rings (SSSR count). The fourth-order valence-corrected chi connectivity index (χ4v) is 2.68. The van der Waals surface area contributed by atoms with E-state index in [0.717, 1.165) is 25.8 Å². The van der Waals surface area contributed by atoms with Crippen molar-refractivity contribution < 1.29 is 4.79 Å². The number of carbonyl (C=O) groups is 1. The van der Waals surface area contributed by atoms with E-state index < -0.39 is 0 Å². The van der Waals surface area contributed by atoms with Gasteiger partial charge >= 0.3 is 0 Å². The third-order valence-electron chi connectivity index (χ3n) is 3.85.